The molecule has 0 radical (unpaired) electrons. The number of aliphatic hydroxyl groups excluding tert-OH is 2. The molecule has 6 heteroatoms. The molecule has 0 rings (SSSR count). The van der Waals surface area contributed by atoms with Gasteiger partial charge in [-0.1, -0.05) is 320 Å². The van der Waals surface area contributed by atoms with E-state index in [0.717, 1.165) is 51.4 Å². The van der Waals surface area contributed by atoms with E-state index >= 15 is 0 Å². The van der Waals surface area contributed by atoms with E-state index in [1.807, 2.05) is 6.08 Å². The number of allylic oxidation sites excluding steroid dienone is 5. The largest absolute Gasteiger partial charge is 0.466 e. The van der Waals surface area contributed by atoms with Gasteiger partial charge in [0, 0.05) is 12.8 Å². The van der Waals surface area contributed by atoms with Crippen LogP contribution < -0.4 is 5.32 Å². The first kappa shape index (κ1) is 72.1. The van der Waals surface area contributed by atoms with Crippen molar-refractivity contribution in [2.24, 2.45) is 0 Å². The van der Waals surface area contributed by atoms with Crippen molar-refractivity contribution >= 4 is 11.9 Å². The van der Waals surface area contributed by atoms with Gasteiger partial charge >= 0.3 is 5.97 Å². The van der Waals surface area contributed by atoms with Gasteiger partial charge in [0.05, 0.1) is 25.4 Å². The molecule has 0 bridgehead atoms. The zero-order valence-electron chi connectivity index (χ0n) is 49.8. The molecule has 0 heterocycles. The molecule has 2 atom stereocenters. The molecule has 0 fully saturated rings. The lowest BCUT2D eigenvalue weighted by Gasteiger charge is -2.20. The smallest absolute Gasteiger partial charge is 0.305 e. The van der Waals surface area contributed by atoms with Gasteiger partial charge in [-0.25, -0.2) is 0 Å². The fourth-order valence-electron chi connectivity index (χ4n) is 10.3. The Balaban J connectivity index is 3.39. The van der Waals surface area contributed by atoms with Crippen molar-refractivity contribution in [2.45, 2.75) is 373 Å². The molecule has 0 saturated heterocycles. The summed E-state index contributed by atoms with van der Waals surface area (Å²) in [6.45, 7) is 4.90. The Bertz CT molecular complexity index is 1200. The van der Waals surface area contributed by atoms with Crippen LogP contribution in [-0.4, -0.2) is 47.4 Å². The van der Waals surface area contributed by atoms with Gasteiger partial charge in [-0.15, -0.1) is 0 Å². The summed E-state index contributed by atoms with van der Waals surface area (Å²) in [6.07, 6.45) is 80.6. The van der Waals surface area contributed by atoms with E-state index in [4.69, 9.17) is 4.74 Å². The van der Waals surface area contributed by atoms with Gasteiger partial charge in [-0.05, 0) is 64.2 Å². The Morgan fingerprint density at radius 2 is 0.676 bits per heavy atom. The third kappa shape index (κ3) is 59.3. The van der Waals surface area contributed by atoms with Crippen LogP contribution in [0.3, 0.4) is 0 Å². The highest BCUT2D eigenvalue weighted by atomic mass is 16.5. The van der Waals surface area contributed by atoms with Crippen molar-refractivity contribution in [1.29, 1.82) is 0 Å². The molecule has 3 N–H and O–H groups in total. The topological polar surface area (TPSA) is 95.9 Å². The molecule has 6 nitrogen and oxygen atoms in total. The number of hydrogen-bond donors (Lipinski definition) is 3. The van der Waals surface area contributed by atoms with Gasteiger partial charge in [0.1, 0.15) is 0 Å². The molecule has 0 aromatic rings. The summed E-state index contributed by atoms with van der Waals surface area (Å²) in [6, 6.07) is -0.628. The summed E-state index contributed by atoms with van der Waals surface area (Å²) >= 11 is 0. The number of unbranched alkanes of at least 4 members (excludes halogenated alkanes) is 47. The second-order valence-corrected chi connectivity index (χ2v) is 22.8. The Morgan fingerprint density at radius 3 is 1.04 bits per heavy atom. The van der Waals surface area contributed by atoms with E-state index in [1.165, 1.54) is 283 Å². The molecule has 436 valence electrons. The maximum absolute atomic E-state index is 12.5. The third-order valence-electron chi connectivity index (χ3n) is 15.4. The Labute approximate surface area is 462 Å². The molecule has 0 spiro atoms. The molecule has 0 aliphatic carbocycles. The standard InChI is InChI=1S/C68H129NO5/c1-3-5-7-9-11-13-15-17-19-29-32-36-40-44-48-52-56-60-66(71)65(64-70)69-67(72)61-57-53-49-45-41-37-33-30-27-25-23-21-22-24-26-28-31-35-39-43-47-51-55-59-63-74-68(73)62-58-54-50-46-42-38-34-20-18-16-14-12-10-8-6-4-2/h14,16,20,34,56,60,65-66,70-71H,3-13,15,17-19,21-33,35-55,57-59,61-64H2,1-2H3,(H,69,72)/b16-14-,34-20-,60-56+. The Morgan fingerprint density at radius 1 is 0.378 bits per heavy atom. The minimum Gasteiger partial charge on any atom is -0.466 e. The predicted molar refractivity (Wildman–Crippen MR) is 324 cm³/mol. The number of rotatable bonds is 62. The van der Waals surface area contributed by atoms with Crippen LogP contribution in [0, 0.1) is 0 Å². The normalized spacial score (nSPS) is 12.8. The highest BCUT2D eigenvalue weighted by Crippen LogP contribution is 2.18. The number of esters is 1. The number of nitrogens with one attached hydrogen (secondary N) is 1. The fourth-order valence-corrected chi connectivity index (χ4v) is 10.3. The number of carbonyl (C=O) groups is 2. The van der Waals surface area contributed by atoms with E-state index in [2.05, 4.69) is 43.5 Å². The number of amides is 1. The van der Waals surface area contributed by atoms with E-state index < -0.39 is 12.1 Å². The van der Waals surface area contributed by atoms with Crippen LogP contribution in [0.15, 0.2) is 36.5 Å². The first-order valence-electron chi connectivity index (χ1n) is 33.3. The van der Waals surface area contributed by atoms with E-state index in [9.17, 15) is 19.8 Å². The molecule has 1 amide bonds. The van der Waals surface area contributed by atoms with Crippen molar-refractivity contribution in [3.8, 4) is 0 Å². The first-order chi connectivity index (χ1) is 36.5. The van der Waals surface area contributed by atoms with E-state index in [1.54, 1.807) is 6.08 Å². The maximum Gasteiger partial charge on any atom is 0.305 e. The minimum atomic E-state index is -0.844. The molecular formula is C68H129NO5. The summed E-state index contributed by atoms with van der Waals surface area (Å²) in [4.78, 5) is 24.6. The summed E-state index contributed by atoms with van der Waals surface area (Å²) in [5.41, 5.74) is 0. The summed E-state index contributed by atoms with van der Waals surface area (Å²) in [5.74, 6) is -0.0629. The molecule has 74 heavy (non-hydrogen) atoms. The number of hydrogen-bond acceptors (Lipinski definition) is 5. The molecule has 0 aliphatic heterocycles. The van der Waals surface area contributed by atoms with Gasteiger partial charge in [0.15, 0.2) is 0 Å². The summed E-state index contributed by atoms with van der Waals surface area (Å²) in [7, 11) is 0. The van der Waals surface area contributed by atoms with Crippen LogP contribution in [0.4, 0.5) is 0 Å². The van der Waals surface area contributed by atoms with Gasteiger partial charge < -0.3 is 20.3 Å². The third-order valence-corrected chi connectivity index (χ3v) is 15.4. The van der Waals surface area contributed by atoms with Gasteiger partial charge in [0.2, 0.25) is 5.91 Å². The predicted octanol–water partition coefficient (Wildman–Crippen LogP) is 21.1. The average molecular weight is 1040 g/mol. The maximum atomic E-state index is 12.5. The zero-order valence-corrected chi connectivity index (χ0v) is 49.8. The molecule has 0 saturated carbocycles. The molecule has 0 aliphatic rings. The van der Waals surface area contributed by atoms with Crippen molar-refractivity contribution in [3.05, 3.63) is 36.5 Å². The lowest BCUT2D eigenvalue weighted by atomic mass is 10.0. The minimum absolute atomic E-state index is 0.00176. The zero-order chi connectivity index (χ0) is 53.6. The second kappa shape index (κ2) is 63.6. The summed E-state index contributed by atoms with van der Waals surface area (Å²) < 4.78 is 5.49. The number of ether oxygens (including phenoxy) is 1. The van der Waals surface area contributed by atoms with E-state index in [0.29, 0.717) is 19.4 Å². The van der Waals surface area contributed by atoms with Crippen LogP contribution in [0.5, 0.6) is 0 Å². The molecule has 0 aromatic carbocycles. The SMILES string of the molecule is CCCCCC/C=C\C/C=C\CCCCCCCC(=O)OCCCCCCCCCCCCCCCCCCCCCCCCCCC(=O)NC(CO)C(O)/C=C/CCCCCCCCCCCCCCCCC. The quantitative estimate of drug-likeness (QED) is 0.0320. The van der Waals surface area contributed by atoms with Crippen molar-refractivity contribution in [2.75, 3.05) is 13.2 Å². The lowest BCUT2D eigenvalue weighted by molar-refractivity contribution is -0.143. The highest BCUT2D eigenvalue weighted by molar-refractivity contribution is 5.76. The average Bonchev–Trinajstić information content (AvgIpc) is 3.40. The fraction of sp³-hybridized carbons (Fsp3) is 0.882. The Kier molecular flexibility index (Phi) is 62.0. The lowest BCUT2D eigenvalue weighted by Crippen LogP contribution is -2.45. The first-order valence-corrected chi connectivity index (χ1v) is 33.3. The summed E-state index contributed by atoms with van der Waals surface area (Å²) in [5, 5.41) is 23.2. The van der Waals surface area contributed by atoms with Crippen LogP contribution >= 0.6 is 0 Å². The highest BCUT2D eigenvalue weighted by Gasteiger charge is 2.18. The molecular weight excluding hydrogens is 911 g/mol. The number of carbonyl (C=O) groups excluding carboxylic acids is 2. The van der Waals surface area contributed by atoms with Crippen LogP contribution in [0.25, 0.3) is 0 Å². The monoisotopic (exact) mass is 1040 g/mol. The van der Waals surface area contributed by atoms with Crippen LogP contribution in [0.2, 0.25) is 0 Å². The van der Waals surface area contributed by atoms with Crippen LogP contribution in [0.1, 0.15) is 361 Å². The number of aliphatic hydroxyl groups is 2. The molecule has 0 aromatic heterocycles. The van der Waals surface area contributed by atoms with Gasteiger partial charge in [0.25, 0.3) is 0 Å². The molecule has 2 unspecified atom stereocenters. The Hall–Kier alpha value is -1.92. The van der Waals surface area contributed by atoms with Crippen molar-refractivity contribution in [3.63, 3.8) is 0 Å². The van der Waals surface area contributed by atoms with Gasteiger partial charge in [-0.2, -0.15) is 0 Å². The van der Waals surface area contributed by atoms with Crippen LogP contribution in [-0.2, 0) is 14.3 Å². The van der Waals surface area contributed by atoms with Crippen molar-refractivity contribution in [1.82, 2.24) is 5.32 Å². The second-order valence-electron chi connectivity index (χ2n) is 22.8. The van der Waals surface area contributed by atoms with Crippen molar-refractivity contribution < 1.29 is 24.5 Å². The van der Waals surface area contributed by atoms with E-state index in [-0.39, 0.29) is 18.5 Å². The van der Waals surface area contributed by atoms with Gasteiger partial charge in [-0.3, -0.25) is 9.59 Å².